The van der Waals surface area contributed by atoms with Crippen molar-refractivity contribution >= 4 is 40.5 Å². The van der Waals surface area contributed by atoms with E-state index in [-0.39, 0.29) is 44.9 Å². The van der Waals surface area contributed by atoms with Crippen LogP contribution in [-0.4, -0.2) is 160 Å². The number of carbonyl (C=O) groups excluding carboxylic acids is 1. The van der Waals surface area contributed by atoms with E-state index in [4.69, 9.17) is 34.1 Å². The van der Waals surface area contributed by atoms with Crippen LogP contribution in [0.2, 0.25) is 0 Å². The van der Waals surface area contributed by atoms with Gasteiger partial charge in [-0.15, -0.1) is 0 Å². The smallest absolute Gasteiger partial charge is 0.242 e. The Morgan fingerprint density at radius 3 is 1.75 bits per heavy atom. The number of aliphatic hydroxyl groups excluding tert-OH is 2. The number of hydrogen-bond donors (Lipinski definition) is 2. The molecular formula is C29H47N9O6. The molecule has 1 saturated carbocycles. The molecule has 0 spiro atoms. The zero-order valence-corrected chi connectivity index (χ0v) is 26.2. The third-order valence-corrected chi connectivity index (χ3v) is 8.54. The van der Waals surface area contributed by atoms with E-state index in [2.05, 4.69) is 4.90 Å². The fraction of sp³-hybridized carbons (Fsp3) is 0.759. The second kappa shape index (κ2) is 15.3. The minimum absolute atomic E-state index is 0.0765. The van der Waals surface area contributed by atoms with Crippen molar-refractivity contribution < 1.29 is 29.2 Å². The van der Waals surface area contributed by atoms with Crippen molar-refractivity contribution in [3.05, 3.63) is 0 Å². The van der Waals surface area contributed by atoms with Gasteiger partial charge in [0, 0.05) is 79.7 Å². The fourth-order valence-electron chi connectivity index (χ4n) is 5.90. The Bertz CT molecular complexity index is 1230. The summed E-state index contributed by atoms with van der Waals surface area (Å²) in [5, 5.41) is 19.6. The van der Waals surface area contributed by atoms with Gasteiger partial charge in [0.15, 0.2) is 11.6 Å². The standard InChI is InChI=1S/C29H47N9O6/c1-42-18-14-36(15-19-43-2)29-31-25-24(26(32-29)34-8-6-22(44-3)7-9-34)30-28(35(12-16-39)13-17-40)33-27(25)37-10-11-38(21-4-5-21)23(41)20-37/h21-22,39-40H,4-20H2,1-3H3. The zero-order chi connectivity index (χ0) is 31.1. The molecule has 44 heavy (non-hydrogen) atoms. The molecule has 0 unspecified atom stereocenters. The maximum absolute atomic E-state index is 13.3. The Kier molecular flexibility index (Phi) is 11.2. The number of methoxy groups -OCH3 is 3. The fourth-order valence-corrected chi connectivity index (χ4v) is 5.90. The van der Waals surface area contributed by atoms with Crippen LogP contribution in [0.15, 0.2) is 0 Å². The number of carbonyl (C=O) groups is 1. The predicted molar refractivity (Wildman–Crippen MR) is 167 cm³/mol. The summed E-state index contributed by atoms with van der Waals surface area (Å²) in [6.45, 7) is 5.18. The number of aromatic nitrogens is 4. The summed E-state index contributed by atoms with van der Waals surface area (Å²) in [6, 6.07) is 0.345. The van der Waals surface area contributed by atoms with Gasteiger partial charge in [0.2, 0.25) is 17.8 Å². The van der Waals surface area contributed by atoms with Gasteiger partial charge >= 0.3 is 0 Å². The molecule has 2 saturated heterocycles. The molecule has 3 fully saturated rings. The summed E-state index contributed by atoms with van der Waals surface area (Å²) in [4.78, 5) is 43.4. The van der Waals surface area contributed by atoms with Gasteiger partial charge in [0.05, 0.1) is 39.1 Å². The van der Waals surface area contributed by atoms with Crippen LogP contribution in [-0.2, 0) is 19.0 Å². The van der Waals surface area contributed by atoms with E-state index >= 15 is 0 Å². The number of hydrogen-bond acceptors (Lipinski definition) is 14. The van der Waals surface area contributed by atoms with Crippen LogP contribution in [0, 0.1) is 0 Å². The second-order valence-electron chi connectivity index (χ2n) is 11.5. The van der Waals surface area contributed by atoms with Crippen molar-refractivity contribution in [3.8, 4) is 0 Å². The lowest BCUT2D eigenvalue weighted by molar-refractivity contribution is -0.131. The van der Waals surface area contributed by atoms with Gasteiger partial charge < -0.3 is 48.9 Å². The normalized spacial score (nSPS) is 18.0. The van der Waals surface area contributed by atoms with Crippen LogP contribution in [0.4, 0.5) is 23.5 Å². The molecular weight excluding hydrogens is 570 g/mol. The maximum Gasteiger partial charge on any atom is 0.242 e. The molecule has 0 atom stereocenters. The highest BCUT2D eigenvalue weighted by molar-refractivity contribution is 5.96. The van der Waals surface area contributed by atoms with E-state index in [1.165, 1.54) is 0 Å². The van der Waals surface area contributed by atoms with E-state index in [0.717, 1.165) is 38.8 Å². The van der Waals surface area contributed by atoms with Crippen molar-refractivity contribution in [2.75, 3.05) is 126 Å². The monoisotopic (exact) mass is 617 g/mol. The maximum atomic E-state index is 13.3. The molecule has 1 amide bonds. The molecule has 4 heterocycles. The number of rotatable bonds is 16. The number of piperidine rings is 1. The van der Waals surface area contributed by atoms with Crippen molar-refractivity contribution in [1.29, 1.82) is 0 Å². The van der Waals surface area contributed by atoms with Crippen LogP contribution in [0.1, 0.15) is 25.7 Å². The Hall–Kier alpha value is -3.11. The lowest BCUT2D eigenvalue weighted by atomic mass is 10.1. The van der Waals surface area contributed by atoms with Crippen molar-refractivity contribution in [2.24, 2.45) is 0 Å². The van der Waals surface area contributed by atoms with Gasteiger partial charge in [-0.05, 0) is 25.7 Å². The molecule has 0 radical (unpaired) electrons. The SMILES string of the molecule is COCCN(CCOC)c1nc(N2CCC(OC)CC2)c2nc(N(CCO)CCO)nc(N3CCN(C4CC4)C(=O)C3)c2n1. The molecule has 2 aliphatic heterocycles. The lowest BCUT2D eigenvalue weighted by Gasteiger charge is -2.36. The van der Waals surface area contributed by atoms with Gasteiger partial charge in [0.25, 0.3) is 0 Å². The highest BCUT2D eigenvalue weighted by Gasteiger charge is 2.37. The van der Waals surface area contributed by atoms with Gasteiger partial charge in [-0.2, -0.15) is 9.97 Å². The number of amides is 1. The van der Waals surface area contributed by atoms with Crippen molar-refractivity contribution in [2.45, 2.75) is 37.8 Å². The predicted octanol–water partition coefficient (Wildman–Crippen LogP) is -0.264. The number of piperazine rings is 1. The largest absolute Gasteiger partial charge is 0.395 e. The Morgan fingerprint density at radius 2 is 1.27 bits per heavy atom. The quantitative estimate of drug-likeness (QED) is 0.254. The first-order valence-electron chi connectivity index (χ1n) is 15.6. The Balaban J connectivity index is 1.66. The molecule has 2 aromatic heterocycles. The number of anilines is 4. The van der Waals surface area contributed by atoms with Gasteiger partial charge in [-0.25, -0.2) is 9.97 Å². The summed E-state index contributed by atoms with van der Waals surface area (Å²) in [6.07, 6.45) is 3.98. The molecule has 3 aliphatic rings. The van der Waals surface area contributed by atoms with E-state index in [0.29, 0.717) is 80.0 Å². The first kappa shape index (κ1) is 32.3. The average molecular weight is 618 g/mol. The highest BCUT2D eigenvalue weighted by atomic mass is 16.5. The summed E-state index contributed by atoms with van der Waals surface area (Å²) < 4.78 is 16.4. The molecule has 0 aromatic carbocycles. The van der Waals surface area contributed by atoms with Crippen LogP contribution < -0.4 is 19.6 Å². The Morgan fingerprint density at radius 1 is 0.727 bits per heavy atom. The van der Waals surface area contributed by atoms with E-state index in [1.807, 2.05) is 14.7 Å². The van der Waals surface area contributed by atoms with Crippen LogP contribution in [0.5, 0.6) is 0 Å². The van der Waals surface area contributed by atoms with Gasteiger partial charge in [-0.1, -0.05) is 0 Å². The third kappa shape index (κ3) is 7.40. The number of ether oxygens (including phenoxy) is 3. The van der Waals surface area contributed by atoms with Gasteiger partial charge in [0.1, 0.15) is 11.0 Å². The van der Waals surface area contributed by atoms with Crippen molar-refractivity contribution in [3.63, 3.8) is 0 Å². The molecule has 5 rings (SSSR count). The number of fused-ring (bicyclic) bond motifs is 1. The minimum atomic E-state index is -0.129. The second-order valence-corrected chi connectivity index (χ2v) is 11.5. The molecule has 2 N–H and O–H groups in total. The molecule has 2 aromatic rings. The minimum Gasteiger partial charge on any atom is -0.395 e. The molecule has 0 bridgehead atoms. The van der Waals surface area contributed by atoms with E-state index in [9.17, 15) is 15.0 Å². The first-order valence-corrected chi connectivity index (χ1v) is 15.6. The lowest BCUT2D eigenvalue weighted by Crippen LogP contribution is -2.51. The molecule has 15 nitrogen and oxygen atoms in total. The van der Waals surface area contributed by atoms with E-state index in [1.54, 1.807) is 26.2 Å². The average Bonchev–Trinajstić information content (AvgIpc) is 3.89. The van der Waals surface area contributed by atoms with Gasteiger partial charge in [-0.3, -0.25) is 4.79 Å². The van der Waals surface area contributed by atoms with E-state index < -0.39 is 0 Å². The topological polar surface area (TPSA) is 153 Å². The van der Waals surface area contributed by atoms with Crippen LogP contribution >= 0.6 is 0 Å². The molecule has 15 heteroatoms. The summed E-state index contributed by atoms with van der Waals surface area (Å²) in [7, 11) is 5.07. The summed E-state index contributed by atoms with van der Waals surface area (Å²) >= 11 is 0. The Labute approximate surface area is 258 Å². The van der Waals surface area contributed by atoms with Crippen molar-refractivity contribution in [1.82, 2.24) is 24.8 Å². The molecule has 244 valence electrons. The first-order chi connectivity index (χ1) is 21.5. The summed E-state index contributed by atoms with van der Waals surface area (Å²) in [5.41, 5.74) is 1.13. The zero-order valence-electron chi connectivity index (χ0n) is 26.2. The molecule has 1 aliphatic carbocycles. The third-order valence-electron chi connectivity index (χ3n) is 8.54. The number of aliphatic hydroxyl groups is 2. The summed E-state index contributed by atoms with van der Waals surface area (Å²) in [5.74, 6) is 2.17. The van der Waals surface area contributed by atoms with Crippen LogP contribution in [0.3, 0.4) is 0 Å². The number of nitrogens with zero attached hydrogens (tertiary/aromatic N) is 9. The van der Waals surface area contributed by atoms with Crippen LogP contribution in [0.25, 0.3) is 11.0 Å². The highest BCUT2D eigenvalue weighted by Crippen LogP contribution is 2.35.